The Hall–Kier alpha value is -2.86. The summed E-state index contributed by atoms with van der Waals surface area (Å²) < 4.78 is 2.31. The number of para-hydroxylation sites is 2. The van der Waals surface area contributed by atoms with Gasteiger partial charge < -0.3 is 14.4 Å². The minimum atomic E-state index is 0.101. The molecule has 3 heterocycles. The zero-order chi connectivity index (χ0) is 22.8. The molecule has 1 aromatic heterocycles. The lowest BCUT2D eigenvalue weighted by molar-refractivity contribution is -0.137. The van der Waals surface area contributed by atoms with Gasteiger partial charge in [0, 0.05) is 45.0 Å². The van der Waals surface area contributed by atoms with Crippen LogP contribution in [0.1, 0.15) is 31.2 Å². The van der Waals surface area contributed by atoms with Crippen molar-refractivity contribution in [2.75, 3.05) is 44.2 Å². The Morgan fingerprint density at radius 3 is 2.64 bits per heavy atom. The number of imidazole rings is 1. The van der Waals surface area contributed by atoms with Crippen LogP contribution in [0, 0.1) is 12.8 Å². The molecule has 6 heteroatoms. The third-order valence-corrected chi connectivity index (χ3v) is 7.23. The van der Waals surface area contributed by atoms with Gasteiger partial charge in [0.25, 0.3) is 0 Å². The Balaban J connectivity index is 1.20. The van der Waals surface area contributed by atoms with E-state index in [1.54, 1.807) is 0 Å². The number of likely N-dealkylation sites (tertiary alicyclic amines) is 1. The highest BCUT2D eigenvalue weighted by atomic mass is 16.2. The summed E-state index contributed by atoms with van der Waals surface area (Å²) in [7, 11) is 0. The molecule has 0 spiro atoms. The molecule has 0 N–H and O–H groups in total. The predicted molar refractivity (Wildman–Crippen MR) is 133 cm³/mol. The number of hydrogen-bond acceptors (Lipinski definition) is 4. The fraction of sp³-hybridized carbons (Fsp3) is 0.481. The first-order valence-corrected chi connectivity index (χ1v) is 12.4. The summed E-state index contributed by atoms with van der Waals surface area (Å²) in [5.74, 6) is 1.55. The van der Waals surface area contributed by atoms with Crippen LogP contribution in [-0.4, -0.2) is 64.5 Å². The summed E-state index contributed by atoms with van der Waals surface area (Å²) in [4.78, 5) is 25.2. The van der Waals surface area contributed by atoms with Crippen molar-refractivity contribution in [2.24, 2.45) is 5.92 Å². The maximum atomic E-state index is 13.4. The number of carbonyl (C=O) groups excluding carboxylic acids is 1. The van der Waals surface area contributed by atoms with Gasteiger partial charge in [-0.15, -0.1) is 0 Å². The molecule has 2 saturated heterocycles. The molecular weight excluding hydrogens is 410 g/mol. The van der Waals surface area contributed by atoms with E-state index in [0.717, 1.165) is 76.5 Å². The fourth-order valence-corrected chi connectivity index (χ4v) is 5.47. The summed E-state index contributed by atoms with van der Waals surface area (Å²) in [6.07, 6.45) is 2.07. The second-order valence-corrected chi connectivity index (χ2v) is 9.49. The van der Waals surface area contributed by atoms with Crippen LogP contribution in [-0.2, 0) is 17.9 Å². The number of piperidine rings is 1. The highest BCUT2D eigenvalue weighted by Gasteiger charge is 2.31. The number of aryl methyl sites for hydroxylation is 2. The third kappa shape index (κ3) is 4.62. The van der Waals surface area contributed by atoms with E-state index in [1.165, 1.54) is 16.8 Å². The van der Waals surface area contributed by atoms with E-state index in [-0.39, 0.29) is 5.92 Å². The molecule has 1 amide bonds. The second kappa shape index (κ2) is 9.56. The zero-order valence-corrected chi connectivity index (χ0v) is 19.9. The summed E-state index contributed by atoms with van der Waals surface area (Å²) >= 11 is 0. The Bertz CT molecular complexity index is 1110. The van der Waals surface area contributed by atoms with Gasteiger partial charge in [-0.1, -0.05) is 24.3 Å². The SMILES string of the molecule is CCn1c(CN2CCC[C@@H](C(=O)N3CCN(c4cccc(C)c4)CC3)C2)nc2ccccc21. The van der Waals surface area contributed by atoms with Crippen LogP contribution in [0.15, 0.2) is 48.5 Å². The Kier molecular flexibility index (Phi) is 6.36. The number of rotatable bonds is 5. The average Bonchev–Trinajstić information content (AvgIpc) is 3.20. The van der Waals surface area contributed by atoms with E-state index in [1.807, 2.05) is 6.07 Å². The molecule has 0 radical (unpaired) electrons. The standard InChI is InChI=1S/C27H35N5O/c1-3-32-25-12-5-4-11-24(25)28-26(32)20-29-13-7-9-22(19-29)27(33)31-16-14-30(15-17-31)23-10-6-8-21(2)18-23/h4-6,8,10-12,18,22H,3,7,9,13-17,19-20H2,1-2H3/t22-/m1/s1. The molecule has 0 aliphatic carbocycles. The van der Waals surface area contributed by atoms with Crippen molar-refractivity contribution in [2.45, 2.75) is 39.8 Å². The van der Waals surface area contributed by atoms with Crippen LogP contribution in [0.4, 0.5) is 5.69 Å². The molecule has 2 aromatic carbocycles. The van der Waals surface area contributed by atoms with E-state index < -0.39 is 0 Å². The first-order valence-electron chi connectivity index (χ1n) is 12.4. The molecule has 2 fully saturated rings. The van der Waals surface area contributed by atoms with Crippen molar-refractivity contribution in [1.29, 1.82) is 0 Å². The van der Waals surface area contributed by atoms with Crippen molar-refractivity contribution in [3.63, 3.8) is 0 Å². The van der Waals surface area contributed by atoms with Gasteiger partial charge in [0.1, 0.15) is 5.82 Å². The largest absolute Gasteiger partial charge is 0.368 e. The quantitative estimate of drug-likeness (QED) is 0.597. The van der Waals surface area contributed by atoms with Crippen LogP contribution in [0.2, 0.25) is 0 Å². The minimum absolute atomic E-state index is 0.101. The molecule has 0 unspecified atom stereocenters. The summed E-state index contributed by atoms with van der Waals surface area (Å²) in [5.41, 5.74) is 4.81. The van der Waals surface area contributed by atoms with Gasteiger partial charge in [-0.05, 0) is 63.1 Å². The molecule has 0 saturated carbocycles. The molecule has 5 rings (SSSR count). The minimum Gasteiger partial charge on any atom is -0.368 e. The van der Waals surface area contributed by atoms with Crippen molar-refractivity contribution in [3.05, 3.63) is 59.9 Å². The highest BCUT2D eigenvalue weighted by Crippen LogP contribution is 2.24. The molecule has 1 atom stereocenters. The summed E-state index contributed by atoms with van der Waals surface area (Å²) in [5, 5.41) is 0. The van der Waals surface area contributed by atoms with Gasteiger partial charge in [0.05, 0.1) is 23.5 Å². The molecule has 3 aromatic rings. The van der Waals surface area contributed by atoms with Crippen LogP contribution in [0.5, 0.6) is 0 Å². The third-order valence-electron chi connectivity index (χ3n) is 7.23. The number of hydrogen-bond donors (Lipinski definition) is 0. The monoisotopic (exact) mass is 445 g/mol. The van der Waals surface area contributed by atoms with Crippen molar-refractivity contribution in [1.82, 2.24) is 19.4 Å². The zero-order valence-electron chi connectivity index (χ0n) is 19.9. The predicted octanol–water partition coefficient (Wildman–Crippen LogP) is 3.93. The lowest BCUT2D eigenvalue weighted by Gasteiger charge is -2.39. The van der Waals surface area contributed by atoms with E-state index in [2.05, 4.69) is 75.6 Å². The van der Waals surface area contributed by atoms with Crippen molar-refractivity contribution < 1.29 is 4.79 Å². The van der Waals surface area contributed by atoms with Crippen LogP contribution in [0.25, 0.3) is 11.0 Å². The number of anilines is 1. The lowest BCUT2D eigenvalue weighted by atomic mass is 9.96. The Morgan fingerprint density at radius 1 is 1.03 bits per heavy atom. The average molecular weight is 446 g/mol. The molecule has 2 aliphatic heterocycles. The maximum absolute atomic E-state index is 13.4. The van der Waals surface area contributed by atoms with E-state index >= 15 is 0 Å². The number of nitrogens with zero attached hydrogens (tertiary/aromatic N) is 5. The summed E-state index contributed by atoms with van der Waals surface area (Å²) in [6.45, 7) is 11.4. The fourth-order valence-electron chi connectivity index (χ4n) is 5.47. The Morgan fingerprint density at radius 2 is 1.85 bits per heavy atom. The van der Waals surface area contributed by atoms with Crippen LogP contribution >= 0.6 is 0 Å². The molecular formula is C27H35N5O. The Labute approximate surface area is 196 Å². The number of carbonyl (C=O) groups is 1. The molecule has 0 bridgehead atoms. The van der Waals surface area contributed by atoms with Crippen molar-refractivity contribution in [3.8, 4) is 0 Å². The van der Waals surface area contributed by atoms with E-state index in [0.29, 0.717) is 5.91 Å². The maximum Gasteiger partial charge on any atom is 0.227 e. The number of piperazine rings is 1. The normalized spacial score (nSPS) is 19.9. The molecule has 174 valence electrons. The highest BCUT2D eigenvalue weighted by molar-refractivity contribution is 5.79. The van der Waals surface area contributed by atoms with Gasteiger partial charge in [-0.3, -0.25) is 9.69 Å². The van der Waals surface area contributed by atoms with Crippen molar-refractivity contribution >= 4 is 22.6 Å². The smallest absolute Gasteiger partial charge is 0.227 e. The van der Waals surface area contributed by atoms with Gasteiger partial charge in [0.15, 0.2) is 0 Å². The first-order chi connectivity index (χ1) is 16.1. The second-order valence-electron chi connectivity index (χ2n) is 9.49. The van der Waals surface area contributed by atoms with E-state index in [4.69, 9.17) is 4.98 Å². The summed E-state index contributed by atoms with van der Waals surface area (Å²) in [6, 6.07) is 17.0. The molecule has 6 nitrogen and oxygen atoms in total. The van der Waals surface area contributed by atoms with Gasteiger partial charge >= 0.3 is 0 Å². The first kappa shape index (κ1) is 22.0. The number of aromatic nitrogens is 2. The van der Waals surface area contributed by atoms with Gasteiger partial charge in [-0.25, -0.2) is 4.98 Å². The molecule has 2 aliphatic rings. The van der Waals surface area contributed by atoms with E-state index in [9.17, 15) is 4.79 Å². The number of fused-ring (bicyclic) bond motifs is 1. The van der Waals surface area contributed by atoms with Gasteiger partial charge in [-0.2, -0.15) is 0 Å². The van der Waals surface area contributed by atoms with Crippen LogP contribution < -0.4 is 4.90 Å². The molecule has 33 heavy (non-hydrogen) atoms. The van der Waals surface area contributed by atoms with Crippen LogP contribution in [0.3, 0.4) is 0 Å². The lowest BCUT2D eigenvalue weighted by Crippen LogP contribution is -2.52. The number of benzene rings is 2. The number of amides is 1. The van der Waals surface area contributed by atoms with Gasteiger partial charge in [0.2, 0.25) is 5.91 Å². The topological polar surface area (TPSA) is 44.6 Å².